The summed E-state index contributed by atoms with van der Waals surface area (Å²) < 4.78 is 5.04. The van der Waals surface area contributed by atoms with Crippen molar-refractivity contribution in [2.24, 2.45) is 0 Å². The number of carboxylic acid groups (broad SMARTS) is 1. The molecule has 0 radical (unpaired) electrons. The van der Waals surface area contributed by atoms with E-state index >= 15 is 0 Å². The van der Waals surface area contributed by atoms with E-state index in [1.165, 1.54) is 0 Å². The Morgan fingerprint density at radius 3 is 2.00 bits per heavy atom. The molecule has 0 amide bonds. The Balaban J connectivity index is 0. The molecular weight excluding hydrogens is 191 g/mol. The fourth-order valence-corrected chi connectivity index (χ4v) is 0.931. The van der Waals surface area contributed by atoms with E-state index < -0.39 is 11.6 Å². The van der Waals surface area contributed by atoms with E-state index in [1.54, 1.807) is 20.8 Å². The molecule has 0 saturated heterocycles. The van der Waals surface area contributed by atoms with E-state index in [2.05, 4.69) is 0 Å². The average Bonchev–Trinajstić information content (AvgIpc) is 1.94. The standard InChI is InChI=1S/C10H18O4.Li/c1-10(2,3)14-9(13)7-5-4-6-8(11)12;/h4-7H2,1-3H3,(H,11,12);/q;+1/p-1. The van der Waals surface area contributed by atoms with Crippen LogP contribution in [0.3, 0.4) is 0 Å². The van der Waals surface area contributed by atoms with Crippen molar-refractivity contribution in [1.82, 2.24) is 0 Å². The number of carbonyl (C=O) groups excluding carboxylic acids is 2. The Bertz CT molecular complexity index is 208. The van der Waals surface area contributed by atoms with Crippen LogP contribution in [-0.2, 0) is 14.3 Å². The normalized spacial score (nSPS) is 10.3. The minimum atomic E-state index is -1.07. The third-order valence-corrected chi connectivity index (χ3v) is 1.43. The average molecular weight is 208 g/mol. The number of esters is 1. The van der Waals surface area contributed by atoms with Crippen molar-refractivity contribution in [3.63, 3.8) is 0 Å². The van der Waals surface area contributed by atoms with Crippen LogP contribution in [0.1, 0.15) is 46.5 Å². The van der Waals surface area contributed by atoms with Crippen LogP contribution in [0.15, 0.2) is 0 Å². The second-order valence-corrected chi connectivity index (χ2v) is 4.17. The Labute approximate surface area is 103 Å². The second kappa shape index (κ2) is 7.78. The van der Waals surface area contributed by atoms with Crippen LogP contribution < -0.4 is 24.0 Å². The SMILES string of the molecule is CC(C)(C)OC(=O)CCCCC(=O)[O-].[Li+]. The summed E-state index contributed by atoms with van der Waals surface area (Å²) >= 11 is 0. The van der Waals surface area contributed by atoms with Gasteiger partial charge in [-0.15, -0.1) is 0 Å². The number of carboxylic acids is 1. The maximum Gasteiger partial charge on any atom is 1.00 e. The summed E-state index contributed by atoms with van der Waals surface area (Å²) in [6.07, 6.45) is 1.26. The van der Waals surface area contributed by atoms with Gasteiger partial charge in [-0.05, 0) is 40.0 Å². The first kappa shape index (κ1) is 16.9. The van der Waals surface area contributed by atoms with Gasteiger partial charge in [0, 0.05) is 12.4 Å². The molecule has 0 aliphatic heterocycles. The van der Waals surface area contributed by atoms with Crippen molar-refractivity contribution in [2.75, 3.05) is 0 Å². The van der Waals surface area contributed by atoms with E-state index in [4.69, 9.17) is 4.74 Å². The number of unbranched alkanes of at least 4 members (excludes halogenated alkanes) is 1. The molecule has 5 heteroatoms. The third kappa shape index (κ3) is 13.5. The summed E-state index contributed by atoms with van der Waals surface area (Å²) in [5.74, 6) is -1.36. The van der Waals surface area contributed by atoms with Crippen molar-refractivity contribution in [3.05, 3.63) is 0 Å². The van der Waals surface area contributed by atoms with Gasteiger partial charge in [-0.1, -0.05) is 0 Å². The summed E-state index contributed by atoms with van der Waals surface area (Å²) in [5, 5.41) is 10.0. The molecule has 15 heavy (non-hydrogen) atoms. The van der Waals surface area contributed by atoms with Gasteiger partial charge in [0.15, 0.2) is 0 Å². The van der Waals surface area contributed by atoms with Gasteiger partial charge in [0.05, 0.1) is 0 Å². The van der Waals surface area contributed by atoms with Gasteiger partial charge in [0.1, 0.15) is 5.60 Å². The first-order valence-electron chi connectivity index (χ1n) is 4.73. The summed E-state index contributed by atoms with van der Waals surface area (Å²) in [4.78, 5) is 21.2. The Kier molecular flexibility index (Phi) is 8.79. The van der Waals surface area contributed by atoms with Crippen LogP contribution in [0.2, 0.25) is 0 Å². The zero-order valence-corrected chi connectivity index (χ0v) is 9.96. The van der Waals surface area contributed by atoms with Crippen LogP contribution in [0.5, 0.6) is 0 Å². The molecule has 0 aliphatic carbocycles. The molecule has 0 aromatic heterocycles. The summed E-state index contributed by atoms with van der Waals surface area (Å²) in [7, 11) is 0. The summed E-state index contributed by atoms with van der Waals surface area (Å²) in [6.45, 7) is 5.39. The smallest absolute Gasteiger partial charge is 0.550 e. The molecule has 4 nitrogen and oxygen atoms in total. The topological polar surface area (TPSA) is 66.4 Å². The zero-order chi connectivity index (χ0) is 11.2. The van der Waals surface area contributed by atoms with E-state index in [9.17, 15) is 14.7 Å². The van der Waals surface area contributed by atoms with E-state index in [1.807, 2.05) is 0 Å². The minimum Gasteiger partial charge on any atom is -0.550 e. The number of rotatable bonds is 5. The van der Waals surface area contributed by atoms with Crippen LogP contribution in [-0.4, -0.2) is 17.5 Å². The number of carbonyl (C=O) groups is 2. The molecule has 0 aromatic rings. The summed E-state index contributed by atoms with van der Waals surface area (Å²) in [6, 6.07) is 0. The van der Waals surface area contributed by atoms with Crippen molar-refractivity contribution in [2.45, 2.75) is 52.1 Å². The first-order chi connectivity index (χ1) is 6.31. The van der Waals surface area contributed by atoms with Crippen LogP contribution in [0.4, 0.5) is 0 Å². The number of aliphatic carboxylic acids is 1. The number of ether oxygens (including phenoxy) is 1. The summed E-state index contributed by atoms with van der Waals surface area (Å²) in [5.41, 5.74) is -0.467. The van der Waals surface area contributed by atoms with Crippen molar-refractivity contribution < 1.29 is 38.3 Å². The fraction of sp³-hybridized carbons (Fsp3) is 0.800. The fourth-order valence-electron chi connectivity index (χ4n) is 0.931. The van der Waals surface area contributed by atoms with Gasteiger partial charge >= 0.3 is 24.8 Å². The van der Waals surface area contributed by atoms with E-state index in [0.29, 0.717) is 12.8 Å². The molecule has 0 aromatic carbocycles. The molecule has 0 atom stereocenters. The Hall–Kier alpha value is -0.463. The molecule has 0 fully saturated rings. The van der Waals surface area contributed by atoms with Gasteiger partial charge in [-0.25, -0.2) is 0 Å². The van der Waals surface area contributed by atoms with Gasteiger partial charge in [0.25, 0.3) is 0 Å². The molecule has 82 valence electrons. The van der Waals surface area contributed by atoms with Crippen molar-refractivity contribution >= 4 is 11.9 Å². The molecule has 0 aliphatic rings. The van der Waals surface area contributed by atoms with Gasteiger partial charge < -0.3 is 14.6 Å². The monoisotopic (exact) mass is 208 g/mol. The number of hydrogen-bond donors (Lipinski definition) is 0. The van der Waals surface area contributed by atoms with E-state index in [-0.39, 0.29) is 37.7 Å². The third-order valence-electron chi connectivity index (χ3n) is 1.43. The predicted octanol–water partition coefficient (Wildman–Crippen LogP) is -2.36. The largest absolute Gasteiger partial charge is 1.00 e. The minimum absolute atomic E-state index is 0. The maximum atomic E-state index is 11.1. The molecule has 0 rings (SSSR count). The molecular formula is C10H17LiO4. The van der Waals surface area contributed by atoms with Crippen LogP contribution in [0, 0.1) is 0 Å². The van der Waals surface area contributed by atoms with Gasteiger partial charge in [-0.2, -0.15) is 0 Å². The predicted molar refractivity (Wildman–Crippen MR) is 49.3 cm³/mol. The van der Waals surface area contributed by atoms with Crippen LogP contribution >= 0.6 is 0 Å². The first-order valence-corrected chi connectivity index (χ1v) is 4.73. The Morgan fingerprint density at radius 2 is 1.60 bits per heavy atom. The van der Waals surface area contributed by atoms with E-state index in [0.717, 1.165) is 0 Å². The van der Waals surface area contributed by atoms with Crippen LogP contribution in [0.25, 0.3) is 0 Å². The molecule has 0 unspecified atom stereocenters. The molecule has 0 heterocycles. The van der Waals surface area contributed by atoms with Crippen molar-refractivity contribution in [1.29, 1.82) is 0 Å². The van der Waals surface area contributed by atoms with Gasteiger partial charge in [0.2, 0.25) is 0 Å². The maximum absolute atomic E-state index is 11.1. The molecule has 0 saturated carbocycles. The molecule has 0 bridgehead atoms. The second-order valence-electron chi connectivity index (χ2n) is 4.17. The Morgan fingerprint density at radius 1 is 1.13 bits per heavy atom. The van der Waals surface area contributed by atoms with Crippen molar-refractivity contribution in [3.8, 4) is 0 Å². The molecule has 0 N–H and O–H groups in total. The zero-order valence-electron chi connectivity index (χ0n) is 9.96. The van der Waals surface area contributed by atoms with Gasteiger partial charge in [-0.3, -0.25) is 4.79 Å². The number of hydrogen-bond acceptors (Lipinski definition) is 4. The molecule has 0 spiro atoms. The quantitative estimate of drug-likeness (QED) is 0.288.